The molecule has 0 saturated carbocycles. The Balaban J connectivity index is 2.13. The molecule has 2 N–H and O–H groups in total. The number of aromatic amines is 2. The molecule has 0 bridgehead atoms. The van der Waals surface area contributed by atoms with E-state index in [2.05, 4.69) is 15.3 Å². The SMILES string of the molecule is Cc1c(-n2nc(C#N)c(=O)[nH]c2=O)cc(Cl)c(Oc2cc(C(C)C)c(=O)[nH]n2)c1Cl. The summed E-state index contributed by atoms with van der Waals surface area (Å²) in [4.78, 5) is 37.6. The van der Waals surface area contributed by atoms with Crippen LogP contribution in [-0.4, -0.2) is 25.0 Å². The quantitative estimate of drug-likeness (QED) is 0.622. The van der Waals surface area contributed by atoms with Gasteiger partial charge in [-0.05, 0) is 24.5 Å². The first kappa shape index (κ1) is 21.3. The fourth-order valence-electron chi connectivity index (χ4n) is 2.62. The number of ether oxygens (including phenoxy) is 1. The van der Waals surface area contributed by atoms with Crippen LogP contribution in [0.2, 0.25) is 10.0 Å². The van der Waals surface area contributed by atoms with E-state index in [9.17, 15) is 14.4 Å². The summed E-state index contributed by atoms with van der Waals surface area (Å²) in [6, 6.07) is 4.43. The molecule has 0 fully saturated rings. The molecule has 3 aromatic rings. The first-order chi connectivity index (χ1) is 14.1. The Kier molecular flexibility index (Phi) is 5.78. The van der Waals surface area contributed by atoms with Gasteiger partial charge in [-0.2, -0.15) is 9.94 Å². The van der Waals surface area contributed by atoms with Gasteiger partial charge in [0.15, 0.2) is 5.75 Å². The number of benzene rings is 1. The van der Waals surface area contributed by atoms with Crippen LogP contribution >= 0.6 is 23.2 Å². The maximum Gasteiger partial charge on any atom is 0.349 e. The number of nitriles is 1. The van der Waals surface area contributed by atoms with Gasteiger partial charge in [-0.25, -0.2) is 9.89 Å². The largest absolute Gasteiger partial charge is 0.434 e. The molecule has 3 rings (SSSR count). The van der Waals surface area contributed by atoms with Crippen molar-refractivity contribution in [2.45, 2.75) is 26.7 Å². The Bertz CT molecular complexity index is 1370. The minimum absolute atomic E-state index is 0.0121. The zero-order valence-electron chi connectivity index (χ0n) is 15.9. The van der Waals surface area contributed by atoms with Gasteiger partial charge in [-0.1, -0.05) is 37.0 Å². The van der Waals surface area contributed by atoms with Gasteiger partial charge >= 0.3 is 5.69 Å². The van der Waals surface area contributed by atoms with E-state index < -0.39 is 16.9 Å². The third kappa shape index (κ3) is 3.85. The summed E-state index contributed by atoms with van der Waals surface area (Å²) in [5.41, 5.74) is -1.65. The minimum Gasteiger partial charge on any atom is -0.434 e. The molecule has 0 aliphatic rings. The van der Waals surface area contributed by atoms with Crippen molar-refractivity contribution in [2.24, 2.45) is 0 Å². The van der Waals surface area contributed by atoms with E-state index in [1.165, 1.54) is 12.1 Å². The van der Waals surface area contributed by atoms with Crippen LogP contribution in [0.15, 0.2) is 26.5 Å². The van der Waals surface area contributed by atoms with E-state index >= 15 is 0 Å². The van der Waals surface area contributed by atoms with Crippen LogP contribution in [0.5, 0.6) is 11.6 Å². The summed E-state index contributed by atoms with van der Waals surface area (Å²) in [5.74, 6) is 0.0499. The highest BCUT2D eigenvalue weighted by atomic mass is 35.5. The van der Waals surface area contributed by atoms with Crippen LogP contribution in [0.4, 0.5) is 0 Å². The summed E-state index contributed by atoms with van der Waals surface area (Å²) in [6.07, 6.45) is 0. The van der Waals surface area contributed by atoms with Crippen LogP contribution in [0.1, 0.15) is 36.6 Å². The molecule has 0 unspecified atom stereocenters. The molecule has 0 aliphatic carbocycles. The molecular formula is C18H14Cl2N6O4. The van der Waals surface area contributed by atoms with Gasteiger partial charge in [0, 0.05) is 11.6 Å². The summed E-state index contributed by atoms with van der Waals surface area (Å²) < 4.78 is 6.50. The predicted octanol–water partition coefficient (Wildman–Crippen LogP) is 2.41. The first-order valence-electron chi connectivity index (χ1n) is 8.54. The highest BCUT2D eigenvalue weighted by Crippen LogP contribution is 2.40. The molecule has 30 heavy (non-hydrogen) atoms. The van der Waals surface area contributed by atoms with E-state index in [1.807, 2.05) is 18.8 Å². The average Bonchev–Trinajstić information content (AvgIpc) is 2.69. The third-order valence-corrected chi connectivity index (χ3v) is 4.93. The highest BCUT2D eigenvalue weighted by molar-refractivity contribution is 6.38. The van der Waals surface area contributed by atoms with E-state index in [1.54, 1.807) is 13.0 Å². The summed E-state index contributed by atoms with van der Waals surface area (Å²) >= 11 is 12.7. The topological polar surface area (TPSA) is 147 Å². The molecule has 0 spiro atoms. The number of nitrogens with one attached hydrogen (secondary N) is 2. The van der Waals surface area contributed by atoms with Crippen molar-refractivity contribution < 1.29 is 4.74 Å². The smallest absolute Gasteiger partial charge is 0.349 e. The lowest BCUT2D eigenvalue weighted by Gasteiger charge is -2.15. The van der Waals surface area contributed by atoms with Gasteiger partial charge in [0.25, 0.3) is 11.1 Å². The summed E-state index contributed by atoms with van der Waals surface area (Å²) in [6.45, 7) is 5.27. The Morgan fingerprint density at radius 2 is 1.90 bits per heavy atom. The second-order valence-electron chi connectivity index (χ2n) is 6.52. The summed E-state index contributed by atoms with van der Waals surface area (Å²) in [7, 11) is 0. The maximum absolute atomic E-state index is 12.2. The minimum atomic E-state index is -0.904. The number of H-pyrrole nitrogens is 2. The number of hydrogen-bond donors (Lipinski definition) is 2. The molecule has 10 nitrogen and oxygen atoms in total. The predicted molar refractivity (Wildman–Crippen MR) is 109 cm³/mol. The van der Waals surface area contributed by atoms with Gasteiger partial charge in [0.05, 0.1) is 15.7 Å². The lowest BCUT2D eigenvalue weighted by Crippen LogP contribution is -2.33. The monoisotopic (exact) mass is 448 g/mol. The standard InChI is InChI=1S/C18H14Cl2N6O4/c1-7(2)9-4-13(23-24-16(9)27)30-15-10(19)5-12(8(3)14(15)20)26-18(29)22-17(28)11(6-21)25-26/h4-5,7H,1-3H3,(H,24,27)(H,22,28,29). The second kappa shape index (κ2) is 8.14. The normalized spacial score (nSPS) is 10.8. The van der Waals surface area contributed by atoms with Crippen LogP contribution in [-0.2, 0) is 0 Å². The lowest BCUT2D eigenvalue weighted by molar-refractivity contribution is 0.452. The molecule has 2 heterocycles. The molecule has 12 heteroatoms. The number of hydrogen-bond acceptors (Lipinski definition) is 7. The van der Waals surface area contributed by atoms with Crippen molar-refractivity contribution in [3.63, 3.8) is 0 Å². The van der Waals surface area contributed by atoms with Crippen molar-refractivity contribution in [3.05, 3.63) is 70.2 Å². The van der Waals surface area contributed by atoms with Crippen LogP contribution in [0, 0.1) is 18.3 Å². The Labute approximate surface area is 178 Å². The lowest BCUT2D eigenvalue weighted by atomic mass is 10.1. The number of rotatable bonds is 4. The van der Waals surface area contributed by atoms with Gasteiger partial charge in [-0.15, -0.1) is 10.2 Å². The molecule has 1 aromatic carbocycles. The summed E-state index contributed by atoms with van der Waals surface area (Å²) in [5, 5.41) is 19.0. The Morgan fingerprint density at radius 1 is 1.20 bits per heavy atom. The van der Waals surface area contributed by atoms with Crippen LogP contribution in [0.3, 0.4) is 0 Å². The average molecular weight is 449 g/mol. The molecule has 2 aromatic heterocycles. The Hall–Kier alpha value is -3.42. The van der Waals surface area contributed by atoms with Crippen molar-refractivity contribution >= 4 is 23.2 Å². The Morgan fingerprint density at radius 3 is 2.53 bits per heavy atom. The molecular weight excluding hydrogens is 435 g/mol. The number of halogens is 2. The van der Waals surface area contributed by atoms with Gasteiger partial charge in [0.1, 0.15) is 6.07 Å². The molecule has 0 aliphatic heterocycles. The van der Waals surface area contributed by atoms with Gasteiger partial charge in [0.2, 0.25) is 11.6 Å². The molecule has 0 atom stereocenters. The van der Waals surface area contributed by atoms with E-state index in [0.717, 1.165) is 4.68 Å². The van der Waals surface area contributed by atoms with E-state index in [-0.39, 0.29) is 38.8 Å². The third-order valence-electron chi connectivity index (χ3n) is 4.19. The van der Waals surface area contributed by atoms with Gasteiger partial charge < -0.3 is 4.74 Å². The van der Waals surface area contributed by atoms with Crippen LogP contribution < -0.4 is 21.5 Å². The van der Waals surface area contributed by atoms with Crippen LogP contribution in [0.25, 0.3) is 5.69 Å². The van der Waals surface area contributed by atoms with E-state index in [0.29, 0.717) is 11.1 Å². The second-order valence-corrected chi connectivity index (χ2v) is 7.31. The van der Waals surface area contributed by atoms with Gasteiger partial charge in [-0.3, -0.25) is 14.6 Å². The molecule has 0 radical (unpaired) electrons. The maximum atomic E-state index is 12.2. The first-order valence-corrected chi connectivity index (χ1v) is 9.29. The fourth-order valence-corrected chi connectivity index (χ4v) is 3.14. The molecule has 154 valence electrons. The van der Waals surface area contributed by atoms with E-state index in [4.69, 9.17) is 33.2 Å². The molecule has 0 amide bonds. The zero-order valence-corrected chi connectivity index (χ0v) is 17.4. The van der Waals surface area contributed by atoms with Crippen molar-refractivity contribution in [2.75, 3.05) is 0 Å². The van der Waals surface area contributed by atoms with Crippen molar-refractivity contribution in [3.8, 4) is 23.4 Å². The molecule has 0 saturated heterocycles. The zero-order chi connectivity index (χ0) is 22.2. The highest BCUT2D eigenvalue weighted by Gasteiger charge is 2.20. The number of aromatic nitrogens is 5. The van der Waals surface area contributed by atoms with Crippen molar-refractivity contribution in [1.29, 1.82) is 5.26 Å². The number of nitrogens with zero attached hydrogens (tertiary/aromatic N) is 4. The van der Waals surface area contributed by atoms with Crippen molar-refractivity contribution in [1.82, 2.24) is 25.0 Å². The fraction of sp³-hybridized carbons (Fsp3) is 0.222.